The summed E-state index contributed by atoms with van der Waals surface area (Å²) < 4.78 is 0. The molecule has 2 nitrogen and oxygen atoms in total. The highest BCUT2D eigenvalue weighted by molar-refractivity contribution is 6.21. The number of amides is 1. The highest BCUT2D eigenvalue weighted by atomic mass is 35.5. The summed E-state index contributed by atoms with van der Waals surface area (Å²) in [6.07, 6.45) is 0.398. The van der Waals surface area contributed by atoms with E-state index in [0.717, 1.165) is 5.56 Å². The summed E-state index contributed by atoms with van der Waals surface area (Å²) in [5, 5.41) is 2.85. The van der Waals surface area contributed by atoms with Crippen molar-refractivity contribution >= 4 is 17.5 Å². The number of halogens is 1. The Labute approximate surface area is 108 Å². The van der Waals surface area contributed by atoms with Crippen LogP contribution >= 0.6 is 11.6 Å². The number of carbonyl (C=O) groups is 1. The van der Waals surface area contributed by atoms with Crippen LogP contribution in [0, 0.1) is 6.92 Å². The van der Waals surface area contributed by atoms with Gasteiger partial charge >= 0.3 is 0 Å². The minimum atomic E-state index is -0.386. The number of aryl methyl sites for hydroxylation is 1. The largest absolute Gasteiger partial charge is 0.349 e. The molecule has 1 rings (SSSR count). The monoisotopic (exact) mass is 253 g/mol. The normalized spacial score (nSPS) is 13.2. The van der Waals surface area contributed by atoms with Crippen molar-refractivity contribution in [3.05, 3.63) is 35.4 Å². The number of alkyl halides is 1. The second kappa shape index (κ2) is 5.54. The lowest BCUT2D eigenvalue weighted by Gasteiger charge is -2.29. The fourth-order valence-corrected chi connectivity index (χ4v) is 1.57. The quantitative estimate of drug-likeness (QED) is 0.821. The zero-order chi connectivity index (χ0) is 13.1. The summed E-state index contributed by atoms with van der Waals surface area (Å²) in [6, 6.07) is 7.97. The molecule has 0 aromatic heterocycles. The van der Waals surface area contributed by atoms with Crippen molar-refractivity contribution in [1.82, 2.24) is 5.32 Å². The molecule has 1 amide bonds. The van der Waals surface area contributed by atoms with Gasteiger partial charge in [0.15, 0.2) is 0 Å². The molecular formula is C14H20ClNO. The first kappa shape index (κ1) is 14.0. The maximum Gasteiger partial charge on any atom is 0.224 e. The Bertz CT molecular complexity index is 399. The van der Waals surface area contributed by atoms with Crippen molar-refractivity contribution < 1.29 is 4.79 Å². The Balaban J connectivity index is 2.62. The van der Waals surface area contributed by atoms with E-state index in [9.17, 15) is 4.79 Å². The van der Waals surface area contributed by atoms with Crippen LogP contribution in [0.15, 0.2) is 24.3 Å². The number of nitrogens with one attached hydrogen (secondary N) is 1. The van der Waals surface area contributed by atoms with Gasteiger partial charge in [-0.1, -0.05) is 29.8 Å². The zero-order valence-electron chi connectivity index (χ0n) is 10.9. The number of hydrogen-bond donors (Lipinski definition) is 1. The van der Waals surface area contributed by atoms with Gasteiger partial charge < -0.3 is 5.32 Å². The molecular weight excluding hydrogens is 234 g/mol. The van der Waals surface area contributed by atoms with E-state index in [0.29, 0.717) is 6.42 Å². The fourth-order valence-electron chi connectivity index (χ4n) is 1.51. The second-order valence-electron chi connectivity index (χ2n) is 5.05. The van der Waals surface area contributed by atoms with E-state index in [1.807, 2.05) is 52.0 Å². The Morgan fingerprint density at radius 2 is 2.12 bits per heavy atom. The molecule has 0 saturated heterocycles. The maximum atomic E-state index is 11.9. The predicted molar refractivity (Wildman–Crippen MR) is 72.4 cm³/mol. The summed E-state index contributed by atoms with van der Waals surface area (Å²) in [7, 11) is 0. The highest BCUT2D eigenvalue weighted by Crippen LogP contribution is 2.15. The van der Waals surface area contributed by atoms with Crippen LogP contribution in [0.5, 0.6) is 0 Å². The molecule has 1 aromatic rings. The third kappa shape index (κ3) is 4.39. The zero-order valence-corrected chi connectivity index (χ0v) is 11.6. The standard InChI is InChI=1S/C14H20ClNO/c1-10-6-5-7-12(8-10)9-13(17)16-14(3,4)11(2)15/h5-8,11H,9H2,1-4H3,(H,16,17). The Morgan fingerprint density at radius 3 is 2.65 bits per heavy atom. The number of rotatable bonds is 4. The first-order valence-corrected chi connectivity index (χ1v) is 6.25. The molecule has 0 aliphatic heterocycles. The summed E-state index contributed by atoms with van der Waals surface area (Å²) in [6.45, 7) is 7.76. The maximum absolute atomic E-state index is 11.9. The van der Waals surface area contributed by atoms with Gasteiger partial charge in [0.2, 0.25) is 5.91 Å². The van der Waals surface area contributed by atoms with Crippen molar-refractivity contribution in [3.63, 3.8) is 0 Å². The summed E-state index contributed by atoms with van der Waals surface area (Å²) in [4.78, 5) is 11.9. The second-order valence-corrected chi connectivity index (χ2v) is 5.71. The van der Waals surface area contributed by atoms with Crippen molar-refractivity contribution in [1.29, 1.82) is 0 Å². The Kier molecular flexibility index (Phi) is 4.58. The summed E-state index contributed by atoms with van der Waals surface area (Å²) >= 11 is 6.03. The average molecular weight is 254 g/mol. The molecule has 1 aromatic carbocycles. The molecule has 94 valence electrons. The van der Waals surface area contributed by atoms with Crippen LogP contribution in [-0.2, 0) is 11.2 Å². The van der Waals surface area contributed by atoms with Crippen LogP contribution in [0.4, 0.5) is 0 Å². The third-order valence-electron chi connectivity index (χ3n) is 2.90. The molecule has 0 heterocycles. The molecule has 0 aliphatic rings. The molecule has 0 spiro atoms. The lowest BCUT2D eigenvalue weighted by Crippen LogP contribution is -2.49. The summed E-state index contributed by atoms with van der Waals surface area (Å²) in [5.41, 5.74) is 1.81. The lowest BCUT2D eigenvalue weighted by molar-refractivity contribution is -0.122. The van der Waals surface area contributed by atoms with Crippen LogP contribution < -0.4 is 5.32 Å². The van der Waals surface area contributed by atoms with Gasteiger partial charge in [-0.05, 0) is 33.3 Å². The van der Waals surface area contributed by atoms with Gasteiger partial charge in [-0.25, -0.2) is 0 Å². The smallest absolute Gasteiger partial charge is 0.224 e. The van der Waals surface area contributed by atoms with E-state index < -0.39 is 0 Å². The van der Waals surface area contributed by atoms with Crippen LogP contribution in [0.3, 0.4) is 0 Å². The Morgan fingerprint density at radius 1 is 1.47 bits per heavy atom. The summed E-state index contributed by atoms with van der Waals surface area (Å²) in [5.74, 6) is 0.00750. The fraction of sp³-hybridized carbons (Fsp3) is 0.500. The van der Waals surface area contributed by atoms with E-state index >= 15 is 0 Å². The number of hydrogen-bond acceptors (Lipinski definition) is 1. The SMILES string of the molecule is Cc1cccc(CC(=O)NC(C)(C)C(C)Cl)c1. The van der Waals surface area contributed by atoms with Gasteiger partial charge in [-0.15, -0.1) is 11.6 Å². The highest BCUT2D eigenvalue weighted by Gasteiger charge is 2.25. The van der Waals surface area contributed by atoms with Gasteiger partial charge in [0.05, 0.1) is 17.3 Å². The minimum absolute atomic E-state index is 0.00750. The molecule has 1 atom stereocenters. The molecule has 0 radical (unpaired) electrons. The Hall–Kier alpha value is -1.02. The number of benzene rings is 1. The molecule has 0 fully saturated rings. The first-order chi connectivity index (χ1) is 7.81. The van der Waals surface area contributed by atoms with Gasteiger partial charge in [-0.3, -0.25) is 4.79 Å². The third-order valence-corrected chi connectivity index (χ3v) is 3.45. The predicted octanol–water partition coefficient (Wildman–Crippen LogP) is 3.06. The van der Waals surface area contributed by atoms with Gasteiger partial charge in [0, 0.05) is 0 Å². The van der Waals surface area contributed by atoms with E-state index in [2.05, 4.69) is 5.32 Å². The molecule has 0 aliphatic carbocycles. The van der Waals surface area contributed by atoms with E-state index in [1.54, 1.807) is 0 Å². The topological polar surface area (TPSA) is 29.1 Å². The molecule has 17 heavy (non-hydrogen) atoms. The van der Waals surface area contributed by atoms with Crippen LogP contribution in [0.1, 0.15) is 31.9 Å². The minimum Gasteiger partial charge on any atom is -0.349 e. The van der Waals surface area contributed by atoms with E-state index in [1.165, 1.54) is 5.56 Å². The lowest BCUT2D eigenvalue weighted by atomic mass is 10.0. The molecule has 1 unspecified atom stereocenters. The van der Waals surface area contributed by atoms with Crippen molar-refractivity contribution in [2.45, 2.75) is 45.0 Å². The van der Waals surface area contributed by atoms with Gasteiger partial charge in [-0.2, -0.15) is 0 Å². The van der Waals surface area contributed by atoms with Crippen LogP contribution in [0.25, 0.3) is 0 Å². The van der Waals surface area contributed by atoms with Gasteiger partial charge in [0.1, 0.15) is 0 Å². The van der Waals surface area contributed by atoms with Crippen molar-refractivity contribution in [2.24, 2.45) is 0 Å². The molecule has 3 heteroatoms. The molecule has 0 saturated carbocycles. The first-order valence-electron chi connectivity index (χ1n) is 5.82. The number of carbonyl (C=O) groups excluding carboxylic acids is 1. The van der Waals surface area contributed by atoms with Crippen molar-refractivity contribution in [3.8, 4) is 0 Å². The van der Waals surface area contributed by atoms with Crippen LogP contribution in [0.2, 0.25) is 0 Å². The molecule has 0 bridgehead atoms. The van der Waals surface area contributed by atoms with Gasteiger partial charge in [0.25, 0.3) is 0 Å². The molecule has 1 N–H and O–H groups in total. The average Bonchev–Trinajstić information content (AvgIpc) is 2.15. The van der Waals surface area contributed by atoms with Crippen LogP contribution in [-0.4, -0.2) is 16.8 Å². The van der Waals surface area contributed by atoms with E-state index in [4.69, 9.17) is 11.6 Å². The van der Waals surface area contributed by atoms with E-state index in [-0.39, 0.29) is 16.8 Å². The van der Waals surface area contributed by atoms with Crippen molar-refractivity contribution in [2.75, 3.05) is 0 Å².